The molecule has 1 N–H and O–H groups in total. The molecule has 1 aliphatic heterocycles. The van der Waals surface area contributed by atoms with Crippen LogP contribution in [0.15, 0.2) is 54.6 Å². The Labute approximate surface area is 156 Å². The molecule has 0 aromatic heterocycles. The lowest BCUT2D eigenvalue weighted by molar-refractivity contribution is -0.123. The predicted octanol–water partition coefficient (Wildman–Crippen LogP) is 4.06. The number of hydrogen-bond donors (Lipinski definition) is 1. The highest BCUT2D eigenvalue weighted by atomic mass is 16.2. The van der Waals surface area contributed by atoms with Crippen molar-refractivity contribution in [2.75, 3.05) is 19.6 Å². The molecule has 3 nitrogen and oxygen atoms in total. The van der Waals surface area contributed by atoms with Crippen LogP contribution in [-0.4, -0.2) is 30.4 Å². The first-order valence-corrected chi connectivity index (χ1v) is 9.97. The third-order valence-electron chi connectivity index (χ3n) is 5.84. The Bertz CT molecular complexity index is 737. The molecule has 4 rings (SSSR count). The van der Waals surface area contributed by atoms with Gasteiger partial charge in [0.1, 0.15) is 0 Å². The van der Waals surface area contributed by atoms with E-state index in [-0.39, 0.29) is 17.9 Å². The molecule has 0 bridgehead atoms. The van der Waals surface area contributed by atoms with E-state index in [1.54, 1.807) is 0 Å². The van der Waals surface area contributed by atoms with E-state index in [4.69, 9.17) is 0 Å². The van der Waals surface area contributed by atoms with Gasteiger partial charge in [-0.05, 0) is 61.9 Å². The molecule has 1 aliphatic carbocycles. The molecule has 2 aromatic rings. The van der Waals surface area contributed by atoms with E-state index in [1.165, 1.54) is 29.5 Å². The van der Waals surface area contributed by atoms with E-state index in [9.17, 15) is 4.79 Å². The molecule has 2 atom stereocenters. The van der Waals surface area contributed by atoms with Gasteiger partial charge in [-0.3, -0.25) is 4.79 Å². The average Bonchev–Trinajstić information content (AvgIpc) is 3.21. The van der Waals surface area contributed by atoms with E-state index in [1.807, 2.05) is 6.07 Å². The SMILES string of the molecule is O=C(N[C@@H](CN1CCCC1)c1ccccc1)[C@H]1CCCc2ccccc21. The Morgan fingerprint density at radius 2 is 1.73 bits per heavy atom. The van der Waals surface area contributed by atoms with Gasteiger partial charge in [0.15, 0.2) is 0 Å². The molecule has 26 heavy (non-hydrogen) atoms. The van der Waals surface area contributed by atoms with Gasteiger partial charge in [-0.2, -0.15) is 0 Å². The van der Waals surface area contributed by atoms with Gasteiger partial charge < -0.3 is 10.2 Å². The molecule has 2 aromatic carbocycles. The summed E-state index contributed by atoms with van der Waals surface area (Å²) in [5.74, 6) is 0.176. The number of likely N-dealkylation sites (tertiary alicyclic amines) is 1. The molecule has 0 unspecified atom stereocenters. The number of carbonyl (C=O) groups is 1. The molecule has 1 heterocycles. The number of carbonyl (C=O) groups excluding carboxylic acids is 1. The second-order valence-electron chi connectivity index (χ2n) is 7.62. The summed E-state index contributed by atoms with van der Waals surface area (Å²) in [4.78, 5) is 15.7. The maximum absolute atomic E-state index is 13.2. The van der Waals surface area contributed by atoms with Gasteiger partial charge in [-0.15, -0.1) is 0 Å². The number of nitrogens with one attached hydrogen (secondary N) is 1. The van der Waals surface area contributed by atoms with Crippen molar-refractivity contribution in [2.24, 2.45) is 0 Å². The summed E-state index contributed by atoms with van der Waals surface area (Å²) in [6, 6.07) is 19.0. The van der Waals surface area contributed by atoms with Crippen LogP contribution in [0.1, 0.15) is 54.3 Å². The maximum Gasteiger partial charge on any atom is 0.228 e. The van der Waals surface area contributed by atoms with Gasteiger partial charge in [-0.25, -0.2) is 0 Å². The minimum Gasteiger partial charge on any atom is -0.347 e. The molecule has 0 radical (unpaired) electrons. The van der Waals surface area contributed by atoms with Crippen molar-refractivity contribution in [1.29, 1.82) is 0 Å². The van der Waals surface area contributed by atoms with Gasteiger partial charge in [0.05, 0.1) is 12.0 Å². The number of aryl methyl sites for hydroxylation is 1. The molecule has 3 heteroatoms. The molecule has 2 aliphatic rings. The number of rotatable bonds is 5. The molecule has 1 fully saturated rings. The summed E-state index contributed by atoms with van der Waals surface area (Å²) in [6.07, 6.45) is 5.68. The topological polar surface area (TPSA) is 32.3 Å². The zero-order valence-electron chi connectivity index (χ0n) is 15.4. The first-order valence-electron chi connectivity index (χ1n) is 9.97. The van der Waals surface area contributed by atoms with Crippen LogP contribution in [0.25, 0.3) is 0 Å². The highest BCUT2D eigenvalue weighted by molar-refractivity contribution is 5.84. The van der Waals surface area contributed by atoms with Crippen LogP contribution < -0.4 is 5.32 Å². The number of amides is 1. The van der Waals surface area contributed by atoms with Crippen LogP contribution in [0.3, 0.4) is 0 Å². The van der Waals surface area contributed by atoms with Gasteiger partial charge in [-0.1, -0.05) is 54.6 Å². The largest absolute Gasteiger partial charge is 0.347 e. The first kappa shape index (κ1) is 17.3. The second kappa shape index (κ2) is 8.05. The third-order valence-corrected chi connectivity index (χ3v) is 5.84. The van der Waals surface area contributed by atoms with E-state index in [2.05, 4.69) is 58.7 Å². The van der Waals surface area contributed by atoms with Crippen LogP contribution in [0.4, 0.5) is 0 Å². The van der Waals surface area contributed by atoms with Gasteiger partial charge in [0.2, 0.25) is 5.91 Å². The summed E-state index contributed by atoms with van der Waals surface area (Å²) in [7, 11) is 0. The molecular formula is C23H28N2O. The van der Waals surface area contributed by atoms with Crippen LogP contribution in [0, 0.1) is 0 Å². The number of nitrogens with zero attached hydrogens (tertiary/aromatic N) is 1. The molecule has 136 valence electrons. The van der Waals surface area contributed by atoms with E-state index in [0.717, 1.165) is 38.9 Å². The lowest BCUT2D eigenvalue weighted by Gasteiger charge is -2.29. The highest BCUT2D eigenvalue weighted by Gasteiger charge is 2.29. The van der Waals surface area contributed by atoms with E-state index in [0.29, 0.717) is 0 Å². The van der Waals surface area contributed by atoms with Crippen molar-refractivity contribution >= 4 is 5.91 Å². The third kappa shape index (κ3) is 3.83. The Balaban J connectivity index is 1.53. The highest BCUT2D eigenvalue weighted by Crippen LogP contribution is 2.32. The van der Waals surface area contributed by atoms with Crippen LogP contribution in [0.2, 0.25) is 0 Å². The maximum atomic E-state index is 13.2. The molecule has 1 amide bonds. The Hall–Kier alpha value is -2.13. The summed E-state index contributed by atoms with van der Waals surface area (Å²) < 4.78 is 0. The first-order chi connectivity index (χ1) is 12.8. The average molecular weight is 348 g/mol. The zero-order chi connectivity index (χ0) is 17.8. The molecular weight excluding hydrogens is 320 g/mol. The summed E-state index contributed by atoms with van der Waals surface area (Å²) in [6.45, 7) is 3.20. The van der Waals surface area contributed by atoms with Crippen molar-refractivity contribution in [3.05, 3.63) is 71.3 Å². The van der Waals surface area contributed by atoms with Crippen molar-refractivity contribution in [1.82, 2.24) is 10.2 Å². The zero-order valence-corrected chi connectivity index (χ0v) is 15.4. The minimum absolute atomic E-state index is 0.00950. The molecule has 1 saturated heterocycles. The summed E-state index contributed by atoms with van der Waals surface area (Å²) in [5.41, 5.74) is 3.77. The Morgan fingerprint density at radius 1 is 1.00 bits per heavy atom. The van der Waals surface area contributed by atoms with Crippen LogP contribution in [0.5, 0.6) is 0 Å². The lowest BCUT2D eigenvalue weighted by atomic mass is 9.82. The van der Waals surface area contributed by atoms with Crippen molar-refractivity contribution in [3.63, 3.8) is 0 Å². The quantitative estimate of drug-likeness (QED) is 0.884. The molecule has 0 spiro atoms. The Kier molecular flexibility index (Phi) is 5.35. The monoisotopic (exact) mass is 348 g/mol. The fourth-order valence-corrected chi connectivity index (χ4v) is 4.44. The van der Waals surface area contributed by atoms with Crippen molar-refractivity contribution in [3.8, 4) is 0 Å². The molecule has 0 saturated carbocycles. The summed E-state index contributed by atoms with van der Waals surface area (Å²) in [5, 5.41) is 3.39. The minimum atomic E-state index is -0.00950. The van der Waals surface area contributed by atoms with Crippen LogP contribution >= 0.6 is 0 Å². The number of hydrogen-bond acceptors (Lipinski definition) is 2. The normalized spacial score (nSPS) is 21.2. The Morgan fingerprint density at radius 3 is 2.54 bits per heavy atom. The standard InChI is InChI=1S/C23H28N2O/c26-23(21-14-8-12-18-9-4-5-13-20(18)21)24-22(17-25-15-6-7-16-25)19-10-2-1-3-11-19/h1-5,9-11,13,21-22H,6-8,12,14-17H2,(H,24,26)/t21-,22-/m0/s1. The van der Waals surface area contributed by atoms with Crippen molar-refractivity contribution in [2.45, 2.75) is 44.1 Å². The predicted molar refractivity (Wildman–Crippen MR) is 105 cm³/mol. The van der Waals surface area contributed by atoms with Gasteiger partial charge >= 0.3 is 0 Å². The lowest BCUT2D eigenvalue weighted by Crippen LogP contribution is -2.39. The van der Waals surface area contributed by atoms with E-state index >= 15 is 0 Å². The second-order valence-corrected chi connectivity index (χ2v) is 7.62. The number of fused-ring (bicyclic) bond motifs is 1. The van der Waals surface area contributed by atoms with E-state index < -0.39 is 0 Å². The number of benzene rings is 2. The van der Waals surface area contributed by atoms with Gasteiger partial charge in [0.25, 0.3) is 0 Å². The van der Waals surface area contributed by atoms with Crippen LogP contribution in [-0.2, 0) is 11.2 Å². The fraction of sp³-hybridized carbons (Fsp3) is 0.435. The van der Waals surface area contributed by atoms with Crippen molar-refractivity contribution < 1.29 is 4.79 Å². The fourth-order valence-electron chi connectivity index (χ4n) is 4.44. The van der Waals surface area contributed by atoms with Gasteiger partial charge in [0, 0.05) is 6.54 Å². The summed E-state index contributed by atoms with van der Waals surface area (Å²) >= 11 is 0. The smallest absolute Gasteiger partial charge is 0.228 e.